The lowest BCUT2D eigenvalue weighted by atomic mass is 9.63. The van der Waals surface area contributed by atoms with Crippen LogP contribution in [0.1, 0.15) is 54.7 Å². The Labute approximate surface area is 161 Å². The highest BCUT2D eigenvalue weighted by molar-refractivity contribution is 5.75. The van der Waals surface area contributed by atoms with Crippen LogP contribution in [0, 0.1) is 5.92 Å². The highest BCUT2D eigenvalue weighted by Crippen LogP contribution is 2.59. The predicted octanol–water partition coefficient (Wildman–Crippen LogP) is 5.36. The normalized spacial score (nSPS) is 31.8. The Balaban J connectivity index is 1.62. The first-order valence-corrected chi connectivity index (χ1v) is 10.7. The van der Waals surface area contributed by atoms with Crippen molar-refractivity contribution in [3.63, 3.8) is 0 Å². The van der Waals surface area contributed by atoms with Gasteiger partial charge in [0.05, 0.1) is 6.61 Å². The zero-order chi connectivity index (χ0) is 17.8. The van der Waals surface area contributed by atoms with Crippen LogP contribution in [-0.2, 0) is 11.2 Å². The summed E-state index contributed by atoms with van der Waals surface area (Å²) in [6, 6.07) is 20.4. The largest absolute Gasteiger partial charge is 0.353 e. The molecule has 138 valence electrons. The summed E-state index contributed by atoms with van der Waals surface area (Å²) in [5, 5.41) is 0. The van der Waals surface area contributed by atoms with Crippen LogP contribution in [0.4, 0.5) is 0 Å². The molecule has 3 atom stereocenters. The van der Waals surface area contributed by atoms with E-state index in [0.29, 0.717) is 11.8 Å². The van der Waals surface area contributed by atoms with Gasteiger partial charge in [-0.05, 0) is 48.8 Å². The molecule has 2 heterocycles. The van der Waals surface area contributed by atoms with Crippen molar-refractivity contribution in [3.8, 4) is 0 Å². The van der Waals surface area contributed by atoms with Gasteiger partial charge in [0.2, 0.25) is 0 Å². The molecule has 0 radical (unpaired) electrons. The van der Waals surface area contributed by atoms with E-state index in [9.17, 15) is 0 Å². The summed E-state index contributed by atoms with van der Waals surface area (Å²) >= 11 is 0. The second-order valence-corrected chi connectivity index (χ2v) is 8.62. The van der Waals surface area contributed by atoms with Crippen LogP contribution in [0.25, 0.3) is 5.70 Å². The number of hydrogen-bond acceptors (Lipinski definition) is 2. The smallest absolute Gasteiger partial charge is 0.145 e. The maximum atomic E-state index is 6.66. The summed E-state index contributed by atoms with van der Waals surface area (Å²) < 4.78 is 6.66. The van der Waals surface area contributed by atoms with Crippen molar-refractivity contribution >= 4 is 5.70 Å². The van der Waals surface area contributed by atoms with E-state index in [1.54, 1.807) is 5.57 Å². The molecule has 0 N–H and O–H groups in total. The number of nitrogens with zero attached hydrogens (tertiary/aromatic N) is 1. The van der Waals surface area contributed by atoms with Gasteiger partial charge in [0.15, 0.2) is 0 Å². The number of fused-ring (bicyclic) bond motifs is 3. The first-order chi connectivity index (χ1) is 13.4. The lowest BCUT2D eigenvalue weighted by Crippen LogP contribution is -2.57. The molecular weight excluding hydrogens is 330 g/mol. The van der Waals surface area contributed by atoms with Crippen LogP contribution in [0.5, 0.6) is 0 Å². The first-order valence-electron chi connectivity index (χ1n) is 10.7. The van der Waals surface area contributed by atoms with E-state index >= 15 is 0 Å². The summed E-state index contributed by atoms with van der Waals surface area (Å²) in [4.78, 5) is 2.70. The molecule has 1 saturated heterocycles. The van der Waals surface area contributed by atoms with E-state index in [0.717, 1.165) is 13.2 Å². The molecule has 0 amide bonds. The Kier molecular flexibility index (Phi) is 3.53. The Hall–Kier alpha value is -2.06. The van der Waals surface area contributed by atoms with Gasteiger partial charge >= 0.3 is 0 Å². The van der Waals surface area contributed by atoms with Gasteiger partial charge in [-0.1, -0.05) is 61.0 Å². The summed E-state index contributed by atoms with van der Waals surface area (Å²) in [7, 11) is 0. The van der Waals surface area contributed by atoms with Crippen molar-refractivity contribution < 1.29 is 4.74 Å². The van der Waals surface area contributed by atoms with Crippen LogP contribution in [-0.4, -0.2) is 23.8 Å². The number of hydrogen-bond donors (Lipinski definition) is 0. The SMILES string of the molecule is c1ccc([C@H]2C3=C(c4ccccc4CC3)N3CCO[C@@]34CCCC[C@H]24)cc1. The number of aryl methyl sites for hydroxylation is 1. The van der Waals surface area contributed by atoms with Gasteiger partial charge in [-0.15, -0.1) is 0 Å². The maximum absolute atomic E-state index is 6.66. The molecule has 0 aromatic heterocycles. The van der Waals surface area contributed by atoms with E-state index in [1.807, 2.05) is 0 Å². The lowest BCUT2D eigenvalue weighted by molar-refractivity contribution is -0.138. The molecule has 1 spiro atoms. The molecule has 4 aliphatic rings. The van der Waals surface area contributed by atoms with E-state index in [4.69, 9.17) is 4.74 Å². The van der Waals surface area contributed by atoms with Crippen molar-refractivity contribution in [2.45, 2.75) is 50.2 Å². The van der Waals surface area contributed by atoms with Crippen molar-refractivity contribution in [1.29, 1.82) is 0 Å². The molecule has 2 aliphatic carbocycles. The summed E-state index contributed by atoms with van der Waals surface area (Å²) in [5.74, 6) is 1.09. The van der Waals surface area contributed by atoms with E-state index in [2.05, 4.69) is 59.5 Å². The third-order valence-electron chi connectivity index (χ3n) is 7.45. The summed E-state index contributed by atoms with van der Waals surface area (Å²) in [6.45, 7) is 1.92. The fourth-order valence-corrected chi connectivity index (χ4v) is 6.47. The zero-order valence-electron chi connectivity index (χ0n) is 15.9. The van der Waals surface area contributed by atoms with Gasteiger partial charge in [-0.3, -0.25) is 0 Å². The Morgan fingerprint density at radius 1 is 0.926 bits per heavy atom. The second-order valence-electron chi connectivity index (χ2n) is 8.62. The van der Waals surface area contributed by atoms with Crippen LogP contribution in [0.2, 0.25) is 0 Å². The molecule has 2 aromatic rings. The topological polar surface area (TPSA) is 12.5 Å². The Morgan fingerprint density at radius 2 is 1.78 bits per heavy atom. The molecule has 2 aliphatic heterocycles. The van der Waals surface area contributed by atoms with Crippen LogP contribution in [0.15, 0.2) is 60.2 Å². The summed E-state index contributed by atoms with van der Waals surface area (Å²) in [6.07, 6.45) is 7.46. The fraction of sp³-hybridized carbons (Fsp3) is 0.440. The van der Waals surface area contributed by atoms with E-state index in [1.165, 1.54) is 60.9 Å². The molecule has 6 rings (SSSR count). The quantitative estimate of drug-likeness (QED) is 0.681. The average Bonchev–Trinajstić information content (AvgIpc) is 3.15. The van der Waals surface area contributed by atoms with Gasteiger partial charge in [0.25, 0.3) is 0 Å². The lowest BCUT2D eigenvalue weighted by Gasteiger charge is -2.56. The molecular formula is C25H27NO. The molecule has 2 nitrogen and oxygen atoms in total. The minimum Gasteiger partial charge on any atom is -0.353 e. The molecule has 27 heavy (non-hydrogen) atoms. The first kappa shape index (κ1) is 15.9. The van der Waals surface area contributed by atoms with Crippen LogP contribution in [0.3, 0.4) is 0 Å². The van der Waals surface area contributed by atoms with E-state index < -0.39 is 0 Å². The minimum atomic E-state index is -0.0813. The molecule has 2 fully saturated rings. The van der Waals surface area contributed by atoms with Gasteiger partial charge in [-0.2, -0.15) is 0 Å². The molecule has 1 saturated carbocycles. The molecule has 0 unspecified atom stereocenters. The highest BCUT2D eigenvalue weighted by Gasteiger charge is 2.57. The number of ether oxygens (including phenoxy) is 1. The minimum absolute atomic E-state index is 0.0813. The van der Waals surface area contributed by atoms with Crippen LogP contribution >= 0.6 is 0 Å². The number of benzene rings is 2. The van der Waals surface area contributed by atoms with Gasteiger partial charge in [0, 0.05) is 29.6 Å². The fourth-order valence-electron chi connectivity index (χ4n) is 6.47. The molecule has 2 aromatic carbocycles. The van der Waals surface area contributed by atoms with Crippen molar-refractivity contribution in [1.82, 2.24) is 4.90 Å². The van der Waals surface area contributed by atoms with E-state index in [-0.39, 0.29) is 5.72 Å². The third-order valence-corrected chi connectivity index (χ3v) is 7.45. The Morgan fingerprint density at radius 3 is 2.70 bits per heavy atom. The van der Waals surface area contributed by atoms with Crippen molar-refractivity contribution in [3.05, 3.63) is 76.9 Å². The second kappa shape index (κ2) is 5.97. The number of rotatable bonds is 1. The van der Waals surface area contributed by atoms with Gasteiger partial charge in [0.1, 0.15) is 5.72 Å². The number of allylic oxidation sites excluding steroid dienone is 1. The third kappa shape index (κ3) is 2.17. The van der Waals surface area contributed by atoms with Gasteiger partial charge < -0.3 is 9.64 Å². The van der Waals surface area contributed by atoms with Crippen LogP contribution < -0.4 is 0 Å². The highest BCUT2D eigenvalue weighted by atomic mass is 16.5. The standard InChI is InChI=1S/C25H27NO/c1-2-9-19(10-3-1)23-21-14-13-18-8-4-5-11-20(18)24(21)26-16-17-27-25(26)15-7-6-12-22(23)25/h1-5,8-11,22-23H,6-7,12-17H2/t22-,23+,25-/m1/s1. The van der Waals surface area contributed by atoms with Gasteiger partial charge in [-0.25, -0.2) is 0 Å². The average molecular weight is 357 g/mol. The molecule has 2 heteroatoms. The molecule has 0 bridgehead atoms. The predicted molar refractivity (Wildman–Crippen MR) is 108 cm³/mol. The Bertz CT molecular complexity index is 902. The summed E-state index contributed by atoms with van der Waals surface area (Å²) in [5.41, 5.74) is 7.58. The van der Waals surface area contributed by atoms with Crippen molar-refractivity contribution in [2.75, 3.05) is 13.2 Å². The zero-order valence-corrected chi connectivity index (χ0v) is 15.9. The monoisotopic (exact) mass is 357 g/mol. The maximum Gasteiger partial charge on any atom is 0.145 e. The van der Waals surface area contributed by atoms with Crippen molar-refractivity contribution in [2.24, 2.45) is 5.92 Å².